The molecule has 6 heteroatoms. The summed E-state index contributed by atoms with van der Waals surface area (Å²) in [6.45, 7) is 0.590. The van der Waals surface area contributed by atoms with Crippen molar-refractivity contribution in [3.63, 3.8) is 0 Å². The molecule has 0 saturated carbocycles. The van der Waals surface area contributed by atoms with Crippen LogP contribution in [0, 0.1) is 5.82 Å². The second-order valence-corrected chi connectivity index (χ2v) is 5.86. The molecule has 22 heavy (non-hydrogen) atoms. The van der Waals surface area contributed by atoms with Crippen LogP contribution in [-0.4, -0.2) is 19.5 Å². The molecule has 1 amide bonds. The quantitative estimate of drug-likeness (QED) is 0.861. The second-order valence-electron chi connectivity index (χ2n) is 5.05. The molecule has 0 aliphatic carbocycles. The molecule has 0 aromatic heterocycles. The molecule has 0 aliphatic heterocycles. The van der Waals surface area contributed by atoms with E-state index in [-0.39, 0.29) is 18.3 Å². The van der Waals surface area contributed by atoms with E-state index >= 15 is 0 Å². The third-order valence-electron chi connectivity index (χ3n) is 3.14. The van der Waals surface area contributed by atoms with Crippen molar-refractivity contribution in [2.75, 3.05) is 18.9 Å². The number of quaternary nitrogens is 1. The number of halogens is 3. The van der Waals surface area contributed by atoms with Crippen LogP contribution in [0.5, 0.6) is 0 Å². The molecule has 0 heterocycles. The van der Waals surface area contributed by atoms with Crippen molar-refractivity contribution in [3.05, 3.63) is 63.9 Å². The average Bonchev–Trinajstić information content (AvgIpc) is 2.45. The Morgan fingerprint density at radius 3 is 2.41 bits per heavy atom. The molecule has 1 unspecified atom stereocenters. The van der Waals surface area contributed by atoms with Gasteiger partial charge in [-0.1, -0.05) is 47.5 Å². The van der Waals surface area contributed by atoms with Gasteiger partial charge in [-0.2, -0.15) is 0 Å². The Morgan fingerprint density at radius 2 is 1.77 bits per heavy atom. The van der Waals surface area contributed by atoms with Crippen LogP contribution in [-0.2, 0) is 11.3 Å². The predicted molar refractivity (Wildman–Crippen MR) is 86.9 cm³/mol. The number of hydrogen-bond acceptors (Lipinski definition) is 1. The van der Waals surface area contributed by atoms with Crippen molar-refractivity contribution < 1.29 is 14.1 Å². The lowest BCUT2D eigenvalue weighted by Gasteiger charge is -2.15. The van der Waals surface area contributed by atoms with Gasteiger partial charge in [-0.25, -0.2) is 4.39 Å². The van der Waals surface area contributed by atoms with Gasteiger partial charge in [0.2, 0.25) is 0 Å². The molecular weight excluding hydrogens is 326 g/mol. The molecule has 0 fully saturated rings. The van der Waals surface area contributed by atoms with Crippen molar-refractivity contribution in [3.8, 4) is 0 Å². The summed E-state index contributed by atoms with van der Waals surface area (Å²) < 4.78 is 13.6. The van der Waals surface area contributed by atoms with E-state index in [9.17, 15) is 9.18 Å². The van der Waals surface area contributed by atoms with E-state index in [4.69, 9.17) is 23.2 Å². The first-order valence-electron chi connectivity index (χ1n) is 6.76. The Hall–Kier alpha value is -1.62. The first-order chi connectivity index (χ1) is 10.5. The van der Waals surface area contributed by atoms with Crippen LogP contribution in [0.1, 0.15) is 5.56 Å². The van der Waals surface area contributed by atoms with Crippen molar-refractivity contribution >= 4 is 34.8 Å². The van der Waals surface area contributed by atoms with Gasteiger partial charge in [-0.05, 0) is 18.2 Å². The number of para-hydroxylation sites is 1. The Balaban J connectivity index is 1.96. The molecule has 2 aromatic rings. The van der Waals surface area contributed by atoms with Crippen molar-refractivity contribution in [2.24, 2.45) is 0 Å². The van der Waals surface area contributed by atoms with Crippen molar-refractivity contribution in [1.29, 1.82) is 0 Å². The molecule has 0 saturated heterocycles. The lowest BCUT2D eigenvalue weighted by Crippen LogP contribution is -3.08. The van der Waals surface area contributed by atoms with Gasteiger partial charge in [0.1, 0.15) is 12.4 Å². The molecule has 2 aromatic carbocycles. The molecule has 0 aliphatic rings. The average molecular weight is 342 g/mol. The zero-order valence-electron chi connectivity index (χ0n) is 12.0. The van der Waals surface area contributed by atoms with Gasteiger partial charge >= 0.3 is 0 Å². The van der Waals surface area contributed by atoms with Gasteiger partial charge < -0.3 is 10.2 Å². The summed E-state index contributed by atoms with van der Waals surface area (Å²) in [4.78, 5) is 12.9. The molecule has 0 bridgehead atoms. The maximum absolute atomic E-state index is 13.6. The van der Waals surface area contributed by atoms with Crippen LogP contribution in [0.15, 0.2) is 42.5 Å². The van der Waals surface area contributed by atoms with E-state index in [0.717, 1.165) is 4.90 Å². The highest BCUT2D eigenvalue weighted by Gasteiger charge is 2.15. The van der Waals surface area contributed by atoms with Crippen LogP contribution in [0.4, 0.5) is 10.1 Å². The third kappa shape index (κ3) is 4.44. The van der Waals surface area contributed by atoms with E-state index in [1.165, 1.54) is 6.07 Å². The topological polar surface area (TPSA) is 33.5 Å². The first-order valence-corrected chi connectivity index (χ1v) is 7.51. The summed E-state index contributed by atoms with van der Waals surface area (Å²) >= 11 is 12.0. The number of hydrogen-bond donors (Lipinski definition) is 2. The summed E-state index contributed by atoms with van der Waals surface area (Å²) in [5, 5.41) is 3.46. The van der Waals surface area contributed by atoms with Gasteiger partial charge in [0.25, 0.3) is 5.91 Å². The maximum atomic E-state index is 13.6. The van der Waals surface area contributed by atoms with Crippen LogP contribution >= 0.6 is 23.2 Å². The Morgan fingerprint density at radius 1 is 1.14 bits per heavy atom. The molecule has 2 N–H and O–H groups in total. The normalized spacial score (nSPS) is 12.0. The summed E-state index contributed by atoms with van der Waals surface area (Å²) in [6, 6.07) is 11.5. The number of rotatable bonds is 5. The second kappa shape index (κ2) is 7.58. The molecule has 116 valence electrons. The highest BCUT2D eigenvalue weighted by Crippen LogP contribution is 2.29. The number of nitrogens with one attached hydrogen (secondary N) is 2. The van der Waals surface area contributed by atoms with E-state index < -0.39 is 0 Å². The number of carbonyl (C=O) groups is 1. The Labute approximate surface area is 138 Å². The molecular formula is C16H16Cl2FN2O+. The molecule has 0 radical (unpaired) electrons. The van der Waals surface area contributed by atoms with Crippen LogP contribution in [0.25, 0.3) is 0 Å². The van der Waals surface area contributed by atoms with Crippen molar-refractivity contribution in [2.45, 2.75) is 6.54 Å². The number of benzene rings is 2. The first kappa shape index (κ1) is 16.7. The summed E-state index contributed by atoms with van der Waals surface area (Å²) in [6.07, 6.45) is 0. The number of carbonyl (C=O) groups excluding carboxylic acids is 1. The van der Waals surface area contributed by atoms with E-state index in [2.05, 4.69) is 5.32 Å². The van der Waals surface area contributed by atoms with Crippen LogP contribution in [0.2, 0.25) is 10.0 Å². The lowest BCUT2D eigenvalue weighted by molar-refractivity contribution is -0.885. The largest absolute Gasteiger partial charge is 0.326 e. The number of amides is 1. The van der Waals surface area contributed by atoms with Gasteiger partial charge in [-0.3, -0.25) is 4.79 Å². The predicted octanol–water partition coefficient (Wildman–Crippen LogP) is 2.79. The fourth-order valence-electron chi connectivity index (χ4n) is 2.10. The Bertz CT molecular complexity index is 659. The van der Waals surface area contributed by atoms with Gasteiger partial charge in [0.05, 0.1) is 22.8 Å². The molecule has 1 atom stereocenters. The zero-order valence-corrected chi connectivity index (χ0v) is 13.5. The van der Waals surface area contributed by atoms with E-state index in [1.54, 1.807) is 36.4 Å². The number of likely N-dealkylation sites (N-methyl/N-ethyl adjacent to an activating group) is 1. The zero-order chi connectivity index (χ0) is 16.1. The highest BCUT2D eigenvalue weighted by atomic mass is 35.5. The fourth-order valence-corrected chi connectivity index (χ4v) is 2.60. The van der Waals surface area contributed by atoms with Crippen molar-refractivity contribution in [1.82, 2.24) is 0 Å². The minimum Gasteiger partial charge on any atom is -0.326 e. The highest BCUT2D eigenvalue weighted by molar-refractivity contribution is 6.39. The minimum absolute atomic E-state index is 0.176. The monoisotopic (exact) mass is 341 g/mol. The summed E-state index contributed by atoms with van der Waals surface area (Å²) in [5.41, 5.74) is 0.970. The van der Waals surface area contributed by atoms with E-state index in [0.29, 0.717) is 27.8 Å². The van der Waals surface area contributed by atoms with E-state index in [1.807, 2.05) is 7.05 Å². The van der Waals surface area contributed by atoms with Crippen LogP contribution in [0.3, 0.4) is 0 Å². The third-order valence-corrected chi connectivity index (χ3v) is 3.77. The fraction of sp³-hybridized carbons (Fsp3) is 0.188. The van der Waals surface area contributed by atoms with Gasteiger partial charge in [0.15, 0.2) is 6.54 Å². The SMILES string of the molecule is C[NH+](CC(=O)Nc1c(Cl)cccc1Cl)Cc1ccccc1F. The number of anilines is 1. The van der Waals surface area contributed by atoms with Crippen LogP contribution < -0.4 is 10.2 Å². The standard InChI is InChI=1S/C16H15Cl2FN2O/c1-21(9-11-5-2-3-8-14(11)19)10-15(22)20-16-12(17)6-4-7-13(16)18/h2-8H,9-10H2,1H3,(H,20,22)/p+1. The van der Waals surface area contributed by atoms with Gasteiger partial charge in [-0.15, -0.1) is 0 Å². The summed E-state index contributed by atoms with van der Waals surface area (Å²) in [7, 11) is 1.82. The summed E-state index contributed by atoms with van der Waals surface area (Å²) in [5.74, 6) is -0.500. The molecule has 3 nitrogen and oxygen atoms in total. The lowest BCUT2D eigenvalue weighted by atomic mass is 10.2. The minimum atomic E-state index is -0.267. The maximum Gasteiger partial charge on any atom is 0.279 e. The smallest absolute Gasteiger partial charge is 0.279 e. The van der Waals surface area contributed by atoms with Gasteiger partial charge in [0, 0.05) is 5.56 Å². The molecule has 2 rings (SSSR count). The molecule has 0 spiro atoms. The Kier molecular flexibility index (Phi) is 5.77.